The Balaban J connectivity index is 1.54. The highest BCUT2D eigenvalue weighted by molar-refractivity contribution is 7.09. The van der Waals surface area contributed by atoms with Gasteiger partial charge < -0.3 is 10.2 Å². The van der Waals surface area contributed by atoms with E-state index in [1.165, 1.54) is 52.2 Å². The third-order valence-electron chi connectivity index (χ3n) is 4.77. The monoisotopic (exact) mass is 343 g/mol. The fourth-order valence-electron chi connectivity index (χ4n) is 3.45. The van der Waals surface area contributed by atoms with Crippen molar-refractivity contribution >= 4 is 17.2 Å². The molecule has 2 atom stereocenters. The van der Waals surface area contributed by atoms with Gasteiger partial charge in [-0.25, -0.2) is 0 Å². The van der Waals surface area contributed by atoms with Crippen LogP contribution in [0.5, 0.6) is 0 Å². The summed E-state index contributed by atoms with van der Waals surface area (Å²) < 4.78 is 0. The molecule has 0 fully saturated rings. The first-order valence-electron chi connectivity index (χ1n) is 8.86. The summed E-state index contributed by atoms with van der Waals surface area (Å²) in [6.45, 7) is 3.49. The van der Waals surface area contributed by atoms with E-state index in [2.05, 4.69) is 55.0 Å². The van der Waals surface area contributed by atoms with Crippen LogP contribution in [0.3, 0.4) is 0 Å². The molecule has 1 aromatic heterocycles. The van der Waals surface area contributed by atoms with Crippen molar-refractivity contribution in [3.05, 3.63) is 57.3 Å². The number of nitrogens with one attached hydrogen (secondary N) is 2. The maximum Gasteiger partial charge on any atom is 0.275 e. The van der Waals surface area contributed by atoms with Crippen molar-refractivity contribution in [2.24, 2.45) is 0 Å². The quantitative estimate of drug-likeness (QED) is 0.830. The van der Waals surface area contributed by atoms with Crippen molar-refractivity contribution in [1.29, 1.82) is 0 Å². The number of carbonyl (C=O) groups is 1. The van der Waals surface area contributed by atoms with Gasteiger partial charge >= 0.3 is 0 Å². The average Bonchev–Trinajstić information content (AvgIpc) is 3.06. The standard InChI is InChI=1S/C20H26N2OS/c1-15(17-10-9-16-6-3-4-7-18(16)12-17)21-20(23)14-22(2)13-19-8-5-11-24-19/h5,8-12,15H,3-4,6-7,13-14H2,1-2H3,(H,21,23)/p+1/t15-/m0/s1. The van der Waals surface area contributed by atoms with E-state index in [9.17, 15) is 4.79 Å². The van der Waals surface area contributed by atoms with Crippen LogP contribution in [0.2, 0.25) is 0 Å². The van der Waals surface area contributed by atoms with Gasteiger partial charge in [-0.2, -0.15) is 0 Å². The lowest BCUT2D eigenvalue weighted by Gasteiger charge is -2.20. The molecule has 1 unspecified atom stereocenters. The lowest BCUT2D eigenvalue weighted by atomic mass is 9.89. The molecule has 2 N–H and O–H groups in total. The molecule has 1 aromatic carbocycles. The fourth-order valence-corrected chi connectivity index (χ4v) is 4.26. The second kappa shape index (κ2) is 7.95. The highest BCUT2D eigenvalue weighted by Crippen LogP contribution is 2.24. The molecule has 1 amide bonds. The third-order valence-corrected chi connectivity index (χ3v) is 5.64. The first-order valence-corrected chi connectivity index (χ1v) is 9.74. The molecule has 3 nitrogen and oxygen atoms in total. The normalized spacial score (nSPS) is 16.2. The smallest absolute Gasteiger partial charge is 0.275 e. The Labute approximate surface area is 148 Å². The molecular weight excluding hydrogens is 316 g/mol. The summed E-state index contributed by atoms with van der Waals surface area (Å²) in [6, 6.07) is 11.0. The Morgan fingerprint density at radius 1 is 1.25 bits per heavy atom. The molecule has 4 heteroatoms. The van der Waals surface area contributed by atoms with E-state index in [0.29, 0.717) is 6.54 Å². The van der Waals surface area contributed by atoms with Crippen molar-refractivity contribution in [2.45, 2.75) is 45.2 Å². The largest absolute Gasteiger partial charge is 0.345 e. The number of rotatable bonds is 6. The highest BCUT2D eigenvalue weighted by atomic mass is 32.1. The summed E-state index contributed by atoms with van der Waals surface area (Å²) in [5, 5.41) is 5.24. The van der Waals surface area contributed by atoms with Crippen LogP contribution in [0.15, 0.2) is 35.7 Å². The predicted octanol–water partition coefficient (Wildman–Crippen LogP) is 2.52. The number of likely N-dealkylation sites (N-methyl/N-ethyl adjacent to an activating group) is 1. The van der Waals surface area contributed by atoms with Crippen molar-refractivity contribution in [3.8, 4) is 0 Å². The molecule has 0 bridgehead atoms. The molecule has 1 aliphatic rings. The van der Waals surface area contributed by atoms with Crippen LogP contribution in [0.4, 0.5) is 0 Å². The summed E-state index contributed by atoms with van der Waals surface area (Å²) in [5.41, 5.74) is 4.18. The molecule has 3 rings (SSSR count). The Hall–Kier alpha value is -1.65. The summed E-state index contributed by atoms with van der Waals surface area (Å²) in [6.07, 6.45) is 4.97. The summed E-state index contributed by atoms with van der Waals surface area (Å²) in [4.78, 5) is 14.9. The Morgan fingerprint density at radius 2 is 2.04 bits per heavy atom. The van der Waals surface area contributed by atoms with Crippen LogP contribution in [0.1, 0.15) is 47.4 Å². The number of hydrogen-bond donors (Lipinski definition) is 2. The van der Waals surface area contributed by atoms with Gasteiger partial charge in [-0.15, -0.1) is 11.3 Å². The Kier molecular flexibility index (Phi) is 5.69. The minimum atomic E-state index is 0.0688. The predicted molar refractivity (Wildman–Crippen MR) is 99.4 cm³/mol. The SMILES string of the molecule is C[C@H](NC(=O)C[NH+](C)Cc1cccs1)c1ccc2c(c1)CCCC2. The van der Waals surface area contributed by atoms with E-state index in [4.69, 9.17) is 0 Å². The number of hydrogen-bond acceptors (Lipinski definition) is 2. The van der Waals surface area contributed by atoms with Crippen LogP contribution in [-0.2, 0) is 24.2 Å². The van der Waals surface area contributed by atoms with Crippen molar-refractivity contribution in [1.82, 2.24) is 5.32 Å². The maximum atomic E-state index is 12.3. The van der Waals surface area contributed by atoms with Gasteiger partial charge in [-0.3, -0.25) is 4.79 Å². The first-order chi connectivity index (χ1) is 11.6. The van der Waals surface area contributed by atoms with Gasteiger partial charge in [0.2, 0.25) is 0 Å². The van der Waals surface area contributed by atoms with E-state index >= 15 is 0 Å². The van der Waals surface area contributed by atoms with E-state index in [-0.39, 0.29) is 11.9 Å². The molecule has 0 aliphatic heterocycles. The molecule has 0 saturated heterocycles. The Morgan fingerprint density at radius 3 is 2.79 bits per heavy atom. The average molecular weight is 344 g/mol. The summed E-state index contributed by atoms with van der Waals surface area (Å²) in [7, 11) is 2.07. The second-order valence-electron chi connectivity index (χ2n) is 6.91. The van der Waals surface area contributed by atoms with Gasteiger partial charge in [0.05, 0.1) is 18.0 Å². The van der Waals surface area contributed by atoms with Gasteiger partial charge in [-0.1, -0.05) is 24.3 Å². The van der Waals surface area contributed by atoms with E-state index in [0.717, 1.165) is 6.54 Å². The van der Waals surface area contributed by atoms with Gasteiger partial charge in [0.15, 0.2) is 6.54 Å². The van der Waals surface area contributed by atoms with E-state index in [1.807, 2.05) is 0 Å². The lowest BCUT2D eigenvalue weighted by molar-refractivity contribution is -0.885. The van der Waals surface area contributed by atoms with Crippen LogP contribution in [0.25, 0.3) is 0 Å². The number of aryl methyl sites for hydroxylation is 2. The van der Waals surface area contributed by atoms with Gasteiger partial charge in [-0.05, 0) is 60.7 Å². The zero-order valence-electron chi connectivity index (χ0n) is 14.6. The molecule has 0 radical (unpaired) electrons. The first kappa shape index (κ1) is 17.2. The summed E-state index contributed by atoms with van der Waals surface area (Å²) >= 11 is 1.75. The zero-order chi connectivity index (χ0) is 16.9. The molecule has 24 heavy (non-hydrogen) atoms. The topological polar surface area (TPSA) is 33.5 Å². The maximum absolute atomic E-state index is 12.3. The van der Waals surface area contributed by atoms with Gasteiger partial charge in [0.1, 0.15) is 6.54 Å². The minimum absolute atomic E-state index is 0.0688. The number of benzene rings is 1. The van der Waals surface area contributed by atoms with Crippen LogP contribution in [0, 0.1) is 0 Å². The van der Waals surface area contributed by atoms with Gasteiger partial charge in [0, 0.05) is 0 Å². The van der Waals surface area contributed by atoms with Crippen LogP contribution in [-0.4, -0.2) is 19.5 Å². The van der Waals surface area contributed by atoms with Gasteiger partial charge in [0.25, 0.3) is 5.91 Å². The molecule has 0 saturated carbocycles. The minimum Gasteiger partial charge on any atom is -0.345 e. The summed E-state index contributed by atoms with van der Waals surface area (Å²) in [5.74, 6) is 0.120. The third kappa shape index (κ3) is 4.46. The second-order valence-corrected chi connectivity index (χ2v) is 7.95. The fraction of sp³-hybridized carbons (Fsp3) is 0.450. The van der Waals surface area contributed by atoms with E-state index in [1.54, 1.807) is 11.3 Å². The van der Waals surface area contributed by atoms with Crippen molar-refractivity contribution in [2.75, 3.05) is 13.6 Å². The Bertz CT molecular complexity index is 681. The molecular formula is C20H27N2OS+. The van der Waals surface area contributed by atoms with Crippen molar-refractivity contribution < 1.29 is 9.69 Å². The number of carbonyl (C=O) groups excluding carboxylic acids is 1. The molecule has 1 aliphatic carbocycles. The molecule has 0 spiro atoms. The van der Waals surface area contributed by atoms with E-state index < -0.39 is 0 Å². The lowest BCUT2D eigenvalue weighted by Crippen LogP contribution is -3.08. The van der Waals surface area contributed by atoms with Crippen LogP contribution >= 0.6 is 11.3 Å². The number of amides is 1. The highest BCUT2D eigenvalue weighted by Gasteiger charge is 2.16. The number of quaternary nitrogens is 1. The number of thiophene rings is 1. The number of fused-ring (bicyclic) bond motifs is 1. The molecule has 2 aromatic rings. The molecule has 1 heterocycles. The van der Waals surface area contributed by atoms with Crippen LogP contribution < -0.4 is 10.2 Å². The van der Waals surface area contributed by atoms with Crippen molar-refractivity contribution in [3.63, 3.8) is 0 Å². The zero-order valence-corrected chi connectivity index (χ0v) is 15.4. The molecule has 128 valence electrons.